The lowest BCUT2D eigenvalue weighted by atomic mass is 10.2. The summed E-state index contributed by atoms with van der Waals surface area (Å²) in [6, 6.07) is 1.99. The van der Waals surface area contributed by atoms with Crippen LogP contribution in [0.2, 0.25) is 0 Å². The fourth-order valence-electron chi connectivity index (χ4n) is 2.65. The number of nitrogens with zero attached hydrogens (tertiary/aromatic N) is 4. The van der Waals surface area contributed by atoms with Crippen molar-refractivity contribution in [3.05, 3.63) is 45.1 Å². The van der Waals surface area contributed by atoms with Crippen LogP contribution in [0.25, 0.3) is 10.2 Å². The average molecular weight is 345 g/mol. The quantitative estimate of drug-likeness (QED) is 0.787. The predicted molar refractivity (Wildman–Crippen MR) is 93.4 cm³/mol. The molecule has 8 heteroatoms. The van der Waals surface area contributed by atoms with E-state index in [1.165, 1.54) is 16.2 Å². The molecule has 0 aliphatic carbocycles. The molecule has 1 N–H and O–H groups in total. The van der Waals surface area contributed by atoms with Gasteiger partial charge in [0.15, 0.2) is 0 Å². The smallest absolute Gasteiger partial charge is 0.268 e. The second-order valence-corrected chi connectivity index (χ2v) is 6.91. The van der Waals surface area contributed by atoms with Crippen molar-refractivity contribution < 1.29 is 4.79 Å². The van der Waals surface area contributed by atoms with Gasteiger partial charge in [-0.3, -0.25) is 14.3 Å². The number of hydrogen-bond donors (Lipinski definition) is 1. The Morgan fingerprint density at radius 3 is 2.88 bits per heavy atom. The molecule has 3 rings (SSSR count). The van der Waals surface area contributed by atoms with Gasteiger partial charge in [-0.2, -0.15) is 5.10 Å². The van der Waals surface area contributed by atoms with Gasteiger partial charge in [0, 0.05) is 18.8 Å². The number of fused-ring (bicyclic) bond motifs is 1. The molecule has 0 unspecified atom stereocenters. The number of thiophene rings is 1. The van der Waals surface area contributed by atoms with Crippen molar-refractivity contribution in [1.29, 1.82) is 0 Å². The first-order valence-electron chi connectivity index (χ1n) is 7.64. The molecule has 0 aromatic carbocycles. The monoisotopic (exact) mass is 345 g/mol. The number of hydrogen-bond acceptors (Lipinski definition) is 5. The summed E-state index contributed by atoms with van der Waals surface area (Å²) in [6.07, 6.45) is 1.59. The summed E-state index contributed by atoms with van der Waals surface area (Å²) in [5.41, 5.74) is 1.87. The fourth-order valence-corrected chi connectivity index (χ4v) is 3.38. The Labute approximate surface area is 142 Å². The van der Waals surface area contributed by atoms with Gasteiger partial charge >= 0.3 is 0 Å². The van der Waals surface area contributed by atoms with Gasteiger partial charge < -0.3 is 9.88 Å². The predicted octanol–water partition coefficient (Wildman–Crippen LogP) is 2.34. The third kappa shape index (κ3) is 2.84. The van der Waals surface area contributed by atoms with Gasteiger partial charge in [0.1, 0.15) is 10.5 Å². The van der Waals surface area contributed by atoms with E-state index in [-0.39, 0.29) is 24.1 Å². The lowest BCUT2D eigenvalue weighted by Crippen LogP contribution is -2.28. The number of nitrogens with one attached hydrogen (secondary N) is 1. The van der Waals surface area contributed by atoms with E-state index in [4.69, 9.17) is 0 Å². The highest BCUT2D eigenvalue weighted by atomic mass is 32.1. The first kappa shape index (κ1) is 16.4. The highest BCUT2D eigenvalue weighted by molar-refractivity contribution is 7.17. The van der Waals surface area contributed by atoms with Crippen molar-refractivity contribution in [3.8, 4) is 0 Å². The Bertz CT molecular complexity index is 953. The van der Waals surface area contributed by atoms with Crippen LogP contribution in [-0.4, -0.2) is 37.6 Å². The molecule has 3 aromatic heterocycles. The van der Waals surface area contributed by atoms with Crippen LogP contribution < -0.4 is 5.56 Å². The standard InChI is InChI=1S/C16H19N5O2S/c1-9(2)21-10(3)11(7-17-21)16(23)20(4)8-13-18-12-5-6-24-14(12)15(22)19-13/h5-7,9H,8H2,1-4H3,(H,18,19,22). The number of amides is 1. The zero-order chi connectivity index (χ0) is 17.4. The molecule has 0 atom stereocenters. The molecule has 1 amide bonds. The zero-order valence-electron chi connectivity index (χ0n) is 14.0. The van der Waals surface area contributed by atoms with Gasteiger partial charge in [0.2, 0.25) is 0 Å². The second kappa shape index (κ2) is 6.20. The summed E-state index contributed by atoms with van der Waals surface area (Å²) < 4.78 is 2.42. The van der Waals surface area contributed by atoms with E-state index in [1.54, 1.807) is 19.3 Å². The minimum absolute atomic E-state index is 0.146. The van der Waals surface area contributed by atoms with E-state index >= 15 is 0 Å². The number of aromatic nitrogens is 4. The van der Waals surface area contributed by atoms with Crippen molar-refractivity contribution in [3.63, 3.8) is 0 Å². The van der Waals surface area contributed by atoms with Gasteiger partial charge in [-0.05, 0) is 32.2 Å². The van der Waals surface area contributed by atoms with Crippen molar-refractivity contribution in [2.75, 3.05) is 7.05 Å². The van der Waals surface area contributed by atoms with E-state index in [0.717, 1.165) is 5.69 Å². The molecule has 3 aromatic rings. The molecule has 0 aliphatic heterocycles. The molecule has 0 aliphatic rings. The first-order chi connectivity index (χ1) is 11.4. The van der Waals surface area contributed by atoms with Crippen molar-refractivity contribution in [1.82, 2.24) is 24.6 Å². The molecule has 126 valence electrons. The minimum Gasteiger partial charge on any atom is -0.334 e. The average Bonchev–Trinajstić information content (AvgIpc) is 3.13. The van der Waals surface area contributed by atoms with Gasteiger partial charge in [-0.25, -0.2) is 4.98 Å². The Balaban J connectivity index is 1.84. The molecule has 0 saturated heterocycles. The van der Waals surface area contributed by atoms with Crippen LogP contribution in [-0.2, 0) is 6.54 Å². The molecular formula is C16H19N5O2S. The lowest BCUT2D eigenvalue weighted by molar-refractivity contribution is 0.0780. The van der Waals surface area contributed by atoms with E-state index in [1.807, 2.05) is 30.8 Å². The minimum atomic E-state index is -0.172. The largest absolute Gasteiger partial charge is 0.334 e. The van der Waals surface area contributed by atoms with Crippen LogP contribution in [0.3, 0.4) is 0 Å². The maximum absolute atomic E-state index is 12.7. The van der Waals surface area contributed by atoms with Crippen molar-refractivity contribution >= 4 is 27.5 Å². The molecule has 3 heterocycles. The Hall–Kier alpha value is -2.48. The van der Waals surface area contributed by atoms with Gasteiger partial charge in [0.25, 0.3) is 11.5 Å². The number of carbonyl (C=O) groups is 1. The van der Waals surface area contributed by atoms with Gasteiger partial charge in [-0.15, -0.1) is 11.3 Å². The summed E-state index contributed by atoms with van der Waals surface area (Å²) >= 11 is 1.35. The highest BCUT2D eigenvalue weighted by Gasteiger charge is 2.20. The molecule has 0 fully saturated rings. The summed E-state index contributed by atoms with van der Waals surface area (Å²) in [4.78, 5) is 33.4. The fraction of sp³-hybridized carbons (Fsp3) is 0.375. The van der Waals surface area contributed by atoms with Gasteiger partial charge in [0.05, 0.1) is 23.8 Å². The molecule has 0 bridgehead atoms. The van der Waals surface area contributed by atoms with Crippen LogP contribution in [0.1, 0.15) is 41.8 Å². The van der Waals surface area contributed by atoms with Gasteiger partial charge in [-0.1, -0.05) is 0 Å². The second-order valence-electron chi connectivity index (χ2n) is 5.99. The van der Waals surface area contributed by atoms with Crippen LogP contribution in [0.4, 0.5) is 0 Å². The number of aromatic amines is 1. The first-order valence-corrected chi connectivity index (χ1v) is 8.52. The van der Waals surface area contributed by atoms with E-state index in [0.29, 0.717) is 21.6 Å². The topological polar surface area (TPSA) is 83.9 Å². The molecule has 0 saturated carbocycles. The SMILES string of the molecule is Cc1c(C(=O)N(C)Cc2nc3ccsc3c(=O)[nH]2)cnn1C(C)C. The summed E-state index contributed by atoms with van der Waals surface area (Å²) in [6.45, 7) is 6.14. The molecule has 0 radical (unpaired) electrons. The van der Waals surface area contributed by atoms with Crippen LogP contribution in [0, 0.1) is 6.92 Å². The highest BCUT2D eigenvalue weighted by Crippen LogP contribution is 2.16. The van der Waals surface area contributed by atoms with Crippen molar-refractivity contribution in [2.24, 2.45) is 0 Å². The Morgan fingerprint density at radius 2 is 2.21 bits per heavy atom. The maximum atomic E-state index is 12.7. The number of rotatable bonds is 4. The van der Waals surface area contributed by atoms with Crippen molar-refractivity contribution in [2.45, 2.75) is 33.4 Å². The normalized spacial score (nSPS) is 11.4. The lowest BCUT2D eigenvalue weighted by Gasteiger charge is -2.16. The summed E-state index contributed by atoms with van der Waals surface area (Å²) in [5, 5.41) is 6.10. The summed E-state index contributed by atoms with van der Waals surface area (Å²) in [7, 11) is 1.69. The summed E-state index contributed by atoms with van der Waals surface area (Å²) in [5.74, 6) is 0.322. The van der Waals surface area contributed by atoms with E-state index in [9.17, 15) is 9.59 Å². The maximum Gasteiger partial charge on any atom is 0.268 e. The van der Waals surface area contributed by atoms with Crippen LogP contribution in [0.15, 0.2) is 22.4 Å². The number of H-pyrrole nitrogens is 1. The Morgan fingerprint density at radius 1 is 1.46 bits per heavy atom. The Kier molecular flexibility index (Phi) is 4.23. The number of carbonyl (C=O) groups excluding carboxylic acids is 1. The van der Waals surface area contributed by atoms with E-state index < -0.39 is 0 Å². The molecule has 24 heavy (non-hydrogen) atoms. The van der Waals surface area contributed by atoms with Crippen LogP contribution >= 0.6 is 11.3 Å². The third-order valence-electron chi connectivity index (χ3n) is 3.86. The molecule has 0 spiro atoms. The van der Waals surface area contributed by atoms with Crippen LogP contribution in [0.5, 0.6) is 0 Å². The van der Waals surface area contributed by atoms with E-state index in [2.05, 4.69) is 15.1 Å². The molecule has 7 nitrogen and oxygen atoms in total. The third-order valence-corrected chi connectivity index (χ3v) is 4.76. The molecular weight excluding hydrogens is 326 g/mol. The zero-order valence-corrected chi connectivity index (χ0v) is 14.8.